The van der Waals surface area contributed by atoms with Gasteiger partial charge in [0, 0.05) is 18.0 Å². The van der Waals surface area contributed by atoms with E-state index in [1.807, 2.05) is 0 Å². The number of rotatable bonds is 5. The van der Waals surface area contributed by atoms with E-state index in [1.165, 1.54) is 6.33 Å². The molecule has 5 nitrogen and oxygen atoms in total. The lowest BCUT2D eigenvalue weighted by molar-refractivity contribution is -0.286. The summed E-state index contributed by atoms with van der Waals surface area (Å²) in [5, 5.41) is 0.305. The first kappa shape index (κ1) is 23.1. The minimum Gasteiger partial charge on any atom is -0.330 e. The maximum Gasteiger partial charge on any atom is 0.455 e. The van der Waals surface area contributed by atoms with Gasteiger partial charge in [0.1, 0.15) is 17.4 Å². The van der Waals surface area contributed by atoms with E-state index in [9.17, 15) is 22.0 Å². The third-order valence-corrected chi connectivity index (χ3v) is 6.40. The molecule has 32 heavy (non-hydrogen) atoms. The second kappa shape index (κ2) is 8.39. The molecule has 0 radical (unpaired) electrons. The summed E-state index contributed by atoms with van der Waals surface area (Å²) in [6.45, 7) is 0.907. The molecule has 0 N–H and O–H groups in total. The lowest BCUT2D eigenvalue weighted by Gasteiger charge is -2.35. The third-order valence-electron chi connectivity index (χ3n) is 6.12. The van der Waals surface area contributed by atoms with Crippen LogP contribution in [0.1, 0.15) is 18.4 Å². The molecule has 11 heteroatoms. The molecule has 2 aromatic heterocycles. The van der Waals surface area contributed by atoms with Gasteiger partial charge < -0.3 is 9.47 Å². The minimum atomic E-state index is -5.68. The lowest BCUT2D eigenvalue weighted by Crippen LogP contribution is -2.41. The summed E-state index contributed by atoms with van der Waals surface area (Å²) in [5.74, 6) is -4.93. The average Bonchev–Trinajstić information content (AvgIpc) is 3.01. The molecule has 0 unspecified atom stereocenters. The SMILES string of the molecule is CN(C)C1CCN(Cc2ccc3c(c2)c2ncnc(Cl)c2n3CC(F)(F)C(F)(F)F)CC1. The minimum absolute atomic E-state index is 0.0305. The Morgan fingerprint density at radius 2 is 1.78 bits per heavy atom. The van der Waals surface area contributed by atoms with Crippen molar-refractivity contribution in [3.05, 3.63) is 35.2 Å². The van der Waals surface area contributed by atoms with Gasteiger partial charge in [0.2, 0.25) is 0 Å². The van der Waals surface area contributed by atoms with E-state index in [-0.39, 0.29) is 21.7 Å². The Balaban J connectivity index is 1.70. The van der Waals surface area contributed by atoms with Gasteiger partial charge in [0.25, 0.3) is 0 Å². The standard InChI is InChI=1S/C21H23ClF5N5/c1-30(2)14-5-7-31(8-6-14)10-13-3-4-16-15(9-13)17-18(19(22)29-12-28-17)32(16)11-20(23,24)21(25,26)27/h3-4,9,12,14H,5-8,10-11H2,1-2H3. The predicted octanol–water partition coefficient (Wildman–Crippen LogP) is 4.96. The summed E-state index contributed by atoms with van der Waals surface area (Å²) >= 11 is 6.10. The molecule has 1 aromatic carbocycles. The summed E-state index contributed by atoms with van der Waals surface area (Å²) in [5.41, 5.74) is 1.36. The molecular formula is C21H23ClF5N5. The van der Waals surface area contributed by atoms with Crippen LogP contribution in [0.5, 0.6) is 0 Å². The molecule has 1 saturated heterocycles. The first-order valence-electron chi connectivity index (χ1n) is 10.2. The number of hydrogen-bond acceptors (Lipinski definition) is 4. The number of likely N-dealkylation sites (tertiary alicyclic amines) is 1. The Morgan fingerprint density at radius 1 is 1.09 bits per heavy atom. The van der Waals surface area contributed by atoms with Crippen LogP contribution in [-0.4, -0.2) is 69.7 Å². The second-order valence-corrected chi connectivity index (χ2v) is 8.83. The largest absolute Gasteiger partial charge is 0.455 e. The first-order valence-corrected chi connectivity index (χ1v) is 10.6. The van der Waals surface area contributed by atoms with Gasteiger partial charge in [-0.3, -0.25) is 4.90 Å². The topological polar surface area (TPSA) is 37.2 Å². The van der Waals surface area contributed by atoms with Crippen molar-refractivity contribution in [2.75, 3.05) is 27.2 Å². The number of benzene rings is 1. The maximum atomic E-state index is 13.9. The fourth-order valence-electron chi connectivity index (χ4n) is 4.33. The van der Waals surface area contributed by atoms with Gasteiger partial charge in [-0.1, -0.05) is 17.7 Å². The Bertz CT molecular complexity index is 1120. The highest BCUT2D eigenvalue weighted by molar-refractivity contribution is 6.34. The predicted molar refractivity (Wildman–Crippen MR) is 113 cm³/mol. The van der Waals surface area contributed by atoms with Crippen LogP contribution >= 0.6 is 11.6 Å². The van der Waals surface area contributed by atoms with Crippen molar-refractivity contribution in [3.8, 4) is 0 Å². The van der Waals surface area contributed by atoms with E-state index < -0.39 is 18.6 Å². The van der Waals surface area contributed by atoms with E-state index in [4.69, 9.17) is 11.6 Å². The molecule has 0 saturated carbocycles. The van der Waals surface area contributed by atoms with Crippen molar-refractivity contribution in [2.45, 2.75) is 44.1 Å². The third kappa shape index (κ3) is 4.27. The van der Waals surface area contributed by atoms with E-state index in [0.717, 1.165) is 36.1 Å². The highest BCUT2D eigenvalue weighted by atomic mass is 35.5. The van der Waals surface area contributed by atoms with Crippen molar-refractivity contribution < 1.29 is 22.0 Å². The number of alkyl halides is 5. The van der Waals surface area contributed by atoms with Crippen LogP contribution in [-0.2, 0) is 13.1 Å². The second-order valence-electron chi connectivity index (χ2n) is 8.47. The number of fused-ring (bicyclic) bond motifs is 3. The number of piperidine rings is 1. The Labute approximate surface area is 186 Å². The normalized spacial score (nSPS) is 17.2. The number of hydrogen-bond donors (Lipinski definition) is 0. The van der Waals surface area contributed by atoms with Gasteiger partial charge in [-0.2, -0.15) is 22.0 Å². The monoisotopic (exact) mass is 475 g/mol. The number of nitrogens with zero attached hydrogens (tertiary/aromatic N) is 5. The highest BCUT2D eigenvalue weighted by Crippen LogP contribution is 2.40. The molecule has 0 aliphatic carbocycles. The molecule has 0 bridgehead atoms. The zero-order chi connectivity index (χ0) is 23.3. The molecule has 174 valence electrons. The maximum absolute atomic E-state index is 13.9. The van der Waals surface area contributed by atoms with E-state index in [0.29, 0.717) is 18.0 Å². The van der Waals surface area contributed by atoms with E-state index in [1.54, 1.807) is 18.2 Å². The van der Waals surface area contributed by atoms with Gasteiger partial charge in [0.05, 0.1) is 12.1 Å². The molecule has 1 fully saturated rings. The Kier molecular flexibility index (Phi) is 6.06. The fourth-order valence-corrected chi connectivity index (χ4v) is 4.56. The molecule has 0 amide bonds. The summed E-state index contributed by atoms with van der Waals surface area (Å²) in [6.07, 6.45) is -2.42. The van der Waals surface area contributed by atoms with Crippen molar-refractivity contribution in [1.29, 1.82) is 0 Å². The number of aromatic nitrogens is 3. The zero-order valence-corrected chi connectivity index (χ0v) is 18.4. The summed E-state index contributed by atoms with van der Waals surface area (Å²) < 4.78 is 67.4. The summed E-state index contributed by atoms with van der Waals surface area (Å²) in [7, 11) is 4.14. The molecule has 3 aromatic rings. The molecule has 1 aliphatic rings. The van der Waals surface area contributed by atoms with Crippen LogP contribution in [0.4, 0.5) is 22.0 Å². The summed E-state index contributed by atoms with van der Waals surface area (Å²) in [6, 6.07) is 5.65. The summed E-state index contributed by atoms with van der Waals surface area (Å²) in [4.78, 5) is 12.5. The first-order chi connectivity index (χ1) is 15.0. The number of halogens is 6. The van der Waals surface area contributed by atoms with Crippen LogP contribution < -0.4 is 0 Å². The van der Waals surface area contributed by atoms with Gasteiger partial charge >= 0.3 is 12.1 Å². The van der Waals surface area contributed by atoms with Gasteiger partial charge in [-0.05, 0) is 57.7 Å². The van der Waals surface area contributed by atoms with Crippen molar-refractivity contribution in [3.63, 3.8) is 0 Å². The lowest BCUT2D eigenvalue weighted by atomic mass is 10.0. The molecule has 3 heterocycles. The Hall–Kier alpha value is -2.04. The molecule has 4 rings (SSSR count). The van der Waals surface area contributed by atoms with Crippen molar-refractivity contribution >= 4 is 33.5 Å². The highest BCUT2D eigenvalue weighted by Gasteiger charge is 2.57. The van der Waals surface area contributed by atoms with Crippen LogP contribution in [0.15, 0.2) is 24.5 Å². The van der Waals surface area contributed by atoms with Gasteiger partial charge in [-0.15, -0.1) is 0 Å². The van der Waals surface area contributed by atoms with Crippen LogP contribution in [0.3, 0.4) is 0 Å². The fraction of sp³-hybridized carbons (Fsp3) is 0.524. The van der Waals surface area contributed by atoms with Gasteiger partial charge in [-0.25, -0.2) is 9.97 Å². The smallest absolute Gasteiger partial charge is 0.330 e. The molecule has 0 atom stereocenters. The molecule has 0 spiro atoms. The molecular weight excluding hydrogens is 453 g/mol. The zero-order valence-electron chi connectivity index (χ0n) is 17.6. The van der Waals surface area contributed by atoms with Crippen LogP contribution in [0.2, 0.25) is 5.15 Å². The van der Waals surface area contributed by atoms with Crippen LogP contribution in [0.25, 0.3) is 21.9 Å². The van der Waals surface area contributed by atoms with E-state index in [2.05, 4.69) is 33.9 Å². The van der Waals surface area contributed by atoms with Crippen LogP contribution in [0, 0.1) is 0 Å². The van der Waals surface area contributed by atoms with Crippen molar-refractivity contribution in [1.82, 2.24) is 24.3 Å². The van der Waals surface area contributed by atoms with Gasteiger partial charge in [0.15, 0.2) is 5.15 Å². The quantitative estimate of drug-likeness (QED) is 0.386. The van der Waals surface area contributed by atoms with Crippen molar-refractivity contribution in [2.24, 2.45) is 0 Å². The van der Waals surface area contributed by atoms with E-state index >= 15 is 0 Å². The average molecular weight is 476 g/mol. The Morgan fingerprint density at radius 3 is 2.41 bits per heavy atom. The molecule has 1 aliphatic heterocycles.